The average molecular weight is 615 g/mol. The topological polar surface area (TPSA) is 142 Å². The van der Waals surface area contributed by atoms with E-state index in [1.165, 1.54) is 0 Å². The van der Waals surface area contributed by atoms with Gasteiger partial charge in [0.1, 0.15) is 0 Å². The van der Waals surface area contributed by atoms with Crippen molar-refractivity contribution < 1.29 is 46.4 Å². The molecule has 0 radical (unpaired) electrons. The molecule has 2 aliphatic heterocycles. The van der Waals surface area contributed by atoms with Crippen molar-refractivity contribution in [1.29, 1.82) is 0 Å². The van der Waals surface area contributed by atoms with Crippen LogP contribution in [0.3, 0.4) is 0 Å². The molecule has 0 aliphatic carbocycles. The molecule has 0 aromatic rings. The molecule has 0 aromatic carbocycles. The van der Waals surface area contributed by atoms with Gasteiger partial charge in [0.05, 0.1) is 11.4 Å². The van der Waals surface area contributed by atoms with E-state index in [-0.39, 0.29) is 10.8 Å². The van der Waals surface area contributed by atoms with Crippen LogP contribution in [0.1, 0.15) is 111 Å². The first kappa shape index (κ1) is 39.3. The van der Waals surface area contributed by atoms with Crippen molar-refractivity contribution >= 4 is 35.8 Å². The van der Waals surface area contributed by atoms with E-state index in [9.17, 15) is 19.8 Å². The molecule has 2 heterocycles. The summed E-state index contributed by atoms with van der Waals surface area (Å²) in [5, 5.41) is 18.7. The molecule has 0 fully saturated rings. The van der Waals surface area contributed by atoms with E-state index < -0.39 is 54.0 Å². The molecule has 2 rings (SSSR count). The molecule has 0 spiro atoms. The molecule has 2 unspecified atom stereocenters. The summed E-state index contributed by atoms with van der Waals surface area (Å²) in [5.74, 6) is -1.98. The molecule has 0 amide bonds. The molecule has 2 atom stereocenters. The second kappa shape index (κ2) is 14.2. The minimum atomic E-state index is -1.37. The van der Waals surface area contributed by atoms with Crippen LogP contribution in [0.15, 0.2) is 20.0 Å². The normalized spacial score (nSPS) is 22.5. The van der Waals surface area contributed by atoms with Crippen molar-refractivity contribution in [1.82, 2.24) is 0 Å². The van der Waals surface area contributed by atoms with E-state index in [4.69, 9.17) is 6.64 Å². The Morgan fingerprint density at radius 1 is 0.659 bits per heavy atom. The SMILES string of the molecule is CC(C)(C)C1=NC(C(=O)O)(C(C)(C)C)N=C1.CC(C)(C)C1=NC(C(=O)O)(C(C)(C)C)N=C1.CC(C)[O][Ti][O]C(C)C. The number of hydrogen-bond acceptors (Lipinski definition) is 8. The Kier molecular flexibility index (Phi) is 13.5. The predicted molar refractivity (Wildman–Crippen MR) is 163 cm³/mol. The maximum atomic E-state index is 11.4. The van der Waals surface area contributed by atoms with Crippen molar-refractivity contribution in [2.75, 3.05) is 0 Å². The van der Waals surface area contributed by atoms with Crippen LogP contribution >= 0.6 is 0 Å². The fraction of sp³-hybridized carbons (Fsp3) is 0.800. The van der Waals surface area contributed by atoms with Gasteiger partial charge in [0, 0.05) is 34.1 Å². The molecule has 2 aliphatic rings. The Balaban J connectivity index is 0.000000612. The third-order valence-corrected chi connectivity index (χ3v) is 7.88. The number of carboxylic acids is 2. The van der Waals surface area contributed by atoms with Gasteiger partial charge in [-0.25, -0.2) is 29.6 Å². The summed E-state index contributed by atoms with van der Waals surface area (Å²) in [5.41, 5.74) is -2.68. The van der Waals surface area contributed by atoms with Gasteiger partial charge >= 0.3 is 78.4 Å². The zero-order valence-electron chi connectivity index (χ0n) is 28.1. The van der Waals surface area contributed by atoms with Crippen LogP contribution in [0.4, 0.5) is 0 Å². The minimum absolute atomic E-state index is 0.175. The number of carboxylic acid groups (broad SMARTS) is 2. The van der Waals surface area contributed by atoms with E-state index in [2.05, 4.69) is 20.0 Å². The monoisotopic (exact) mass is 614 g/mol. The Morgan fingerprint density at radius 3 is 1.05 bits per heavy atom. The van der Waals surface area contributed by atoms with Crippen molar-refractivity contribution in [2.45, 2.75) is 134 Å². The number of aliphatic imine (C=N–C) groups is 4. The van der Waals surface area contributed by atoms with Crippen LogP contribution in [0.2, 0.25) is 0 Å². The third kappa shape index (κ3) is 10.8. The van der Waals surface area contributed by atoms with E-state index >= 15 is 0 Å². The molecular formula is C30H54N4O6Ti. The number of aliphatic carboxylic acids is 2. The first-order valence-electron chi connectivity index (χ1n) is 14.0. The number of nitrogens with zero attached hydrogens (tertiary/aromatic N) is 4. The van der Waals surface area contributed by atoms with Crippen LogP contribution in [0.5, 0.6) is 0 Å². The Bertz CT molecular complexity index is 955. The molecule has 10 nitrogen and oxygen atoms in total. The number of hydrogen-bond donors (Lipinski definition) is 2. The quantitative estimate of drug-likeness (QED) is 0.326. The number of rotatable bonds is 6. The first-order valence-corrected chi connectivity index (χ1v) is 15.3. The van der Waals surface area contributed by atoms with Gasteiger partial charge in [-0.15, -0.1) is 0 Å². The molecule has 0 aromatic heterocycles. The predicted octanol–water partition coefficient (Wildman–Crippen LogP) is 6.52. The summed E-state index contributed by atoms with van der Waals surface area (Å²) in [6, 6.07) is 0. The number of carbonyl (C=O) groups is 2. The van der Waals surface area contributed by atoms with Crippen molar-refractivity contribution in [3.63, 3.8) is 0 Å². The first-order chi connectivity index (χ1) is 18.1. The Morgan fingerprint density at radius 2 is 0.927 bits per heavy atom. The summed E-state index contributed by atoms with van der Waals surface area (Å²) in [6.45, 7) is 31.1. The van der Waals surface area contributed by atoms with E-state index in [0.717, 1.165) is 11.4 Å². The van der Waals surface area contributed by atoms with Gasteiger partial charge in [0.2, 0.25) is 0 Å². The van der Waals surface area contributed by atoms with Crippen molar-refractivity contribution in [3.8, 4) is 0 Å². The molecule has 234 valence electrons. The Hall–Kier alpha value is -1.75. The van der Waals surface area contributed by atoms with Gasteiger partial charge in [0.25, 0.3) is 11.3 Å². The molecular weight excluding hydrogens is 560 g/mol. The summed E-state index contributed by atoms with van der Waals surface area (Å²) in [6.07, 6.45) is 3.84. The zero-order valence-corrected chi connectivity index (χ0v) is 29.7. The standard InChI is InChI=1S/2C12H20N2O2.2C3H7O.Ti/c2*1-10(2,3)8-7-13-12(14-8,9(15)16)11(4,5)6;2*1-3(2)4;/h2*7H,1-6H3,(H,15,16);2*3H,1-2H3;/q;;2*-1;+2. The van der Waals surface area contributed by atoms with Gasteiger partial charge in [-0.2, -0.15) is 0 Å². The van der Waals surface area contributed by atoms with Gasteiger partial charge in [-0.1, -0.05) is 83.1 Å². The summed E-state index contributed by atoms with van der Waals surface area (Å²) in [4.78, 5) is 39.9. The van der Waals surface area contributed by atoms with Gasteiger partial charge < -0.3 is 10.2 Å². The van der Waals surface area contributed by atoms with Crippen molar-refractivity contribution in [3.05, 3.63) is 0 Å². The van der Waals surface area contributed by atoms with E-state index in [1.807, 2.05) is 111 Å². The third-order valence-electron chi connectivity index (χ3n) is 6.10. The molecule has 0 saturated carbocycles. The second-order valence-electron chi connectivity index (χ2n) is 14.9. The molecule has 41 heavy (non-hydrogen) atoms. The summed E-state index contributed by atoms with van der Waals surface area (Å²) in [7, 11) is 0. The molecule has 0 saturated heterocycles. The van der Waals surface area contributed by atoms with Crippen LogP contribution < -0.4 is 0 Å². The molecule has 11 heteroatoms. The van der Waals surface area contributed by atoms with Crippen LogP contribution in [0, 0.1) is 21.7 Å². The maximum absolute atomic E-state index is 11.4. The van der Waals surface area contributed by atoms with Gasteiger partial charge in [-0.05, 0) is 0 Å². The van der Waals surface area contributed by atoms with Crippen LogP contribution in [0.25, 0.3) is 0 Å². The summed E-state index contributed by atoms with van der Waals surface area (Å²) >= 11 is -0.574. The fourth-order valence-corrected chi connectivity index (χ4v) is 3.97. The Labute approximate surface area is 257 Å². The molecule has 2 N–H and O–H groups in total. The fourth-order valence-electron chi connectivity index (χ4n) is 3.29. The average Bonchev–Trinajstić information content (AvgIpc) is 3.40. The van der Waals surface area contributed by atoms with Crippen LogP contribution in [-0.4, -0.2) is 69.5 Å². The van der Waals surface area contributed by atoms with E-state index in [1.54, 1.807) is 12.4 Å². The zero-order chi connectivity index (χ0) is 32.8. The summed E-state index contributed by atoms with van der Waals surface area (Å²) < 4.78 is 10.5. The van der Waals surface area contributed by atoms with E-state index in [0.29, 0.717) is 12.2 Å². The second-order valence-corrected chi connectivity index (χ2v) is 15.9. The van der Waals surface area contributed by atoms with Crippen molar-refractivity contribution in [2.24, 2.45) is 41.6 Å². The van der Waals surface area contributed by atoms with Gasteiger partial charge in [-0.3, -0.25) is 0 Å². The molecule has 0 bridgehead atoms. The van der Waals surface area contributed by atoms with Gasteiger partial charge in [0.15, 0.2) is 0 Å². The van der Waals surface area contributed by atoms with Crippen LogP contribution in [-0.2, 0) is 36.2 Å².